The van der Waals surface area contributed by atoms with E-state index >= 15 is 0 Å². The molecule has 0 amide bonds. The van der Waals surface area contributed by atoms with Crippen LogP contribution in [0.5, 0.6) is 0 Å². The fourth-order valence-corrected chi connectivity index (χ4v) is 4.94. The molecule has 0 radical (unpaired) electrons. The highest BCUT2D eigenvalue weighted by Gasteiger charge is 2.39. The van der Waals surface area contributed by atoms with Crippen LogP contribution in [0.1, 0.15) is 44.9 Å². The van der Waals surface area contributed by atoms with Gasteiger partial charge in [0.05, 0.1) is 4.90 Å². The van der Waals surface area contributed by atoms with E-state index in [0.29, 0.717) is 10.8 Å². The van der Waals surface area contributed by atoms with E-state index < -0.39 is 10.0 Å². The summed E-state index contributed by atoms with van der Waals surface area (Å²) in [7, 11) is -3.30. The van der Waals surface area contributed by atoms with Crippen molar-refractivity contribution in [3.8, 4) is 0 Å². The van der Waals surface area contributed by atoms with Gasteiger partial charge >= 0.3 is 0 Å². The molecule has 2 saturated carbocycles. The highest BCUT2D eigenvalue weighted by atomic mass is 32.2. The van der Waals surface area contributed by atoms with Crippen molar-refractivity contribution in [2.45, 2.75) is 55.9 Å². The van der Waals surface area contributed by atoms with Crippen LogP contribution >= 0.6 is 0 Å². The van der Waals surface area contributed by atoms with Crippen molar-refractivity contribution in [1.82, 2.24) is 4.31 Å². The monoisotopic (exact) mass is 293 g/mol. The minimum absolute atomic E-state index is 0.252. The van der Waals surface area contributed by atoms with Gasteiger partial charge in [0, 0.05) is 12.6 Å². The van der Waals surface area contributed by atoms with Gasteiger partial charge in [-0.3, -0.25) is 0 Å². The van der Waals surface area contributed by atoms with E-state index in [1.54, 1.807) is 28.6 Å². The zero-order chi connectivity index (χ0) is 14.0. The van der Waals surface area contributed by atoms with E-state index in [1.807, 2.05) is 6.07 Å². The second kappa shape index (κ2) is 5.86. The van der Waals surface area contributed by atoms with Crippen LogP contribution in [0.25, 0.3) is 0 Å². The minimum atomic E-state index is -3.30. The van der Waals surface area contributed by atoms with Gasteiger partial charge in [0.2, 0.25) is 10.0 Å². The molecule has 3 nitrogen and oxygen atoms in total. The number of sulfonamides is 1. The van der Waals surface area contributed by atoms with Gasteiger partial charge in [0.25, 0.3) is 0 Å². The first-order valence-corrected chi connectivity index (χ1v) is 9.19. The third kappa shape index (κ3) is 3.07. The summed E-state index contributed by atoms with van der Waals surface area (Å²) in [6, 6.07) is 9.15. The third-order valence-corrected chi connectivity index (χ3v) is 6.40. The number of rotatable bonds is 5. The SMILES string of the molecule is O=S(=O)(c1ccccc1)N(CC1CCCCC1)C1CC1. The van der Waals surface area contributed by atoms with Crippen LogP contribution in [0, 0.1) is 5.92 Å². The lowest BCUT2D eigenvalue weighted by atomic mass is 9.89. The number of nitrogens with zero attached hydrogens (tertiary/aromatic N) is 1. The molecular weight excluding hydrogens is 270 g/mol. The van der Waals surface area contributed by atoms with Crippen molar-refractivity contribution in [2.75, 3.05) is 6.54 Å². The van der Waals surface area contributed by atoms with Crippen molar-refractivity contribution in [1.29, 1.82) is 0 Å². The van der Waals surface area contributed by atoms with Gasteiger partial charge in [-0.05, 0) is 43.7 Å². The van der Waals surface area contributed by atoms with Crippen molar-refractivity contribution in [3.63, 3.8) is 0 Å². The van der Waals surface area contributed by atoms with Gasteiger partial charge in [-0.2, -0.15) is 4.31 Å². The average Bonchev–Trinajstić information content (AvgIpc) is 3.31. The van der Waals surface area contributed by atoms with Crippen LogP contribution in [-0.2, 0) is 10.0 Å². The summed E-state index contributed by atoms with van der Waals surface area (Å²) >= 11 is 0. The highest BCUT2D eigenvalue weighted by Crippen LogP contribution is 2.35. The lowest BCUT2D eigenvalue weighted by molar-refractivity contribution is 0.274. The summed E-state index contributed by atoms with van der Waals surface area (Å²) in [5.41, 5.74) is 0. The second-order valence-corrected chi connectivity index (χ2v) is 8.01. The maximum Gasteiger partial charge on any atom is 0.243 e. The van der Waals surface area contributed by atoms with Gasteiger partial charge in [-0.25, -0.2) is 8.42 Å². The molecule has 0 saturated heterocycles. The van der Waals surface area contributed by atoms with Crippen LogP contribution in [0.2, 0.25) is 0 Å². The number of benzene rings is 1. The van der Waals surface area contributed by atoms with E-state index in [0.717, 1.165) is 19.4 Å². The maximum atomic E-state index is 12.8. The predicted octanol–water partition coefficient (Wildman–Crippen LogP) is 3.42. The molecule has 2 aliphatic carbocycles. The first-order chi connectivity index (χ1) is 9.68. The largest absolute Gasteiger partial charge is 0.243 e. The Morgan fingerprint density at radius 3 is 2.20 bits per heavy atom. The van der Waals surface area contributed by atoms with Gasteiger partial charge in [0.1, 0.15) is 0 Å². The molecule has 4 heteroatoms. The molecule has 1 aromatic carbocycles. The Labute approximate surface area is 122 Å². The van der Waals surface area contributed by atoms with Crippen molar-refractivity contribution >= 4 is 10.0 Å². The van der Waals surface area contributed by atoms with Gasteiger partial charge in [-0.1, -0.05) is 37.5 Å². The predicted molar refractivity (Wildman–Crippen MR) is 79.9 cm³/mol. The Balaban J connectivity index is 1.79. The van der Waals surface area contributed by atoms with Crippen molar-refractivity contribution in [3.05, 3.63) is 30.3 Å². The molecule has 0 aromatic heterocycles. The van der Waals surface area contributed by atoms with Crippen LogP contribution in [0.4, 0.5) is 0 Å². The van der Waals surface area contributed by atoms with Crippen molar-refractivity contribution in [2.24, 2.45) is 5.92 Å². The zero-order valence-electron chi connectivity index (χ0n) is 11.9. The topological polar surface area (TPSA) is 37.4 Å². The standard InChI is InChI=1S/C16H23NO2S/c18-20(19,16-9-5-2-6-10-16)17(15-11-12-15)13-14-7-3-1-4-8-14/h2,5-6,9-10,14-15H,1,3-4,7-8,11-13H2. The lowest BCUT2D eigenvalue weighted by Gasteiger charge is -2.29. The van der Waals surface area contributed by atoms with Crippen LogP contribution in [-0.4, -0.2) is 25.3 Å². The fraction of sp³-hybridized carbons (Fsp3) is 0.625. The third-order valence-electron chi connectivity index (χ3n) is 4.47. The maximum absolute atomic E-state index is 12.8. The Kier molecular flexibility index (Phi) is 4.13. The molecular formula is C16H23NO2S. The molecule has 0 bridgehead atoms. The van der Waals surface area contributed by atoms with Crippen LogP contribution in [0.3, 0.4) is 0 Å². The molecule has 0 N–H and O–H groups in total. The van der Waals surface area contributed by atoms with E-state index in [1.165, 1.54) is 32.1 Å². The molecule has 20 heavy (non-hydrogen) atoms. The first-order valence-electron chi connectivity index (χ1n) is 7.75. The Bertz CT molecular complexity index is 531. The summed E-state index contributed by atoms with van der Waals surface area (Å²) < 4.78 is 27.4. The summed E-state index contributed by atoms with van der Waals surface area (Å²) in [4.78, 5) is 0.447. The average molecular weight is 293 g/mol. The van der Waals surface area contributed by atoms with Gasteiger partial charge < -0.3 is 0 Å². The molecule has 0 heterocycles. The quantitative estimate of drug-likeness (QED) is 0.834. The fourth-order valence-electron chi connectivity index (χ4n) is 3.16. The van der Waals surface area contributed by atoms with E-state index in [-0.39, 0.29) is 6.04 Å². The van der Waals surface area contributed by atoms with E-state index in [2.05, 4.69) is 0 Å². The van der Waals surface area contributed by atoms with Crippen LogP contribution < -0.4 is 0 Å². The summed E-state index contributed by atoms with van der Waals surface area (Å²) in [6.07, 6.45) is 8.26. The van der Waals surface area contributed by atoms with Gasteiger partial charge in [0.15, 0.2) is 0 Å². The summed E-state index contributed by atoms with van der Waals surface area (Å²) in [5, 5.41) is 0. The minimum Gasteiger partial charge on any atom is -0.207 e. The molecule has 2 aliphatic rings. The molecule has 0 atom stereocenters. The highest BCUT2D eigenvalue weighted by molar-refractivity contribution is 7.89. The molecule has 0 spiro atoms. The number of hydrogen-bond donors (Lipinski definition) is 0. The summed E-state index contributed by atoms with van der Waals surface area (Å²) in [5.74, 6) is 0.558. The zero-order valence-corrected chi connectivity index (χ0v) is 12.7. The number of hydrogen-bond acceptors (Lipinski definition) is 2. The van der Waals surface area contributed by atoms with E-state index in [4.69, 9.17) is 0 Å². The Morgan fingerprint density at radius 2 is 1.60 bits per heavy atom. The smallest absolute Gasteiger partial charge is 0.207 e. The van der Waals surface area contributed by atoms with Crippen molar-refractivity contribution < 1.29 is 8.42 Å². The molecule has 2 fully saturated rings. The summed E-state index contributed by atoms with van der Waals surface area (Å²) in [6.45, 7) is 0.724. The molecule has 0 aliphatic heterocycles. The first kappa shape index (κ1) is 14.1. The van der Waals surface area contributed by atoms with Gasteiger partial charge in [-0.15, -0.1) is 0 Å². The Morgan fingerprint density at radius 1 is 0.950 bits per heavy atom. The van der Waals surface area contributed by atoms with Crippen LogP contribution in [0.15, 0.2) is 35.2 Å². The molecule has 0 unspecified atom stereocenters. The van der Waals surface area contributed by atoms with E-state index in [9.17, 15) is 8.42 Å². The second-order valence-electron chi connectivity index (χ2n) is 6.12. The molecule has 3 rings (SSSR count). The molecule has 110 valence electrons. The normalized spacial score (nSPS) is 21.2. The Hall–Kier alpha value is -0.870. The lowest BCUT2D eigenvalue weighted by Crippen LogP contribution is -2.37. The molecule has 1 aromatic rings.